The minimum Gasteiger partial charge on any atom is -0.466 e. The molecule has 0 saturated carbocycles. The maximum atomic E-state index is 11.4. The number of carbonyl (C=O) groups is 1. The van der Waals surface area contributed by atoms with Gasteiger partial charge in [0.2, 0.25) is 0 Å². The molecule has 0 bridgehead atoms. The Kier molecular flexibility index (Phi) is 4.90. The van der Waals surface area contributed by atoms with Crippen LogP contribution in [-0.2, 0) is 14.3 Å². The standard InChI is InChI=1S/C9H18O3/c1-5-9(3,7-11-4)8(10)12-6-2/h5-7H2,1-4H3. The number of hydrogen-bond acceptors (Lipinski definition) is 3. The predicted molar refractivity (Wildman–Crippen MR) is 46.9 cm³/mol. The number of hydrogen-bond donors (Lipinski definition) is 0. The van der Waals surface area contributed by atoms with E-state index in [9.17, 15) is 4.79 Å². The largest absolute Gasteiger partial charge is 0.466 e. The quantitative estimate of drug-likeness (QED) is 0.594. The van der Waals surface area contributed by atoms with Gasteiger partial charge in [-0.2, -0.15) is 0 Å². The van der Waals surface area contributed by atoms with Crippen LogP contribution in [0.4, 0.5) is 0 Å². The molecule has 0 amide bonds. The van der Waals surface area contributed by atoms with Gasteiger partial charge in [0, 0.05) is 7.11 Å². The van der Waals surface area contributed by atoms with E-state index in [-0.39, 0.29) is 5.97 Å². The molecule has 0 aromatic carbocycles. The molecule has 0 aromatic rings. The first-order valence-corrected chi connectivity index (χ1v) is 4.27. The van der Waals surface area contributed by atoms with Crippen molar-refractivity contribution in [3.8, 4) is 0 Å². The minimum atomic E-state index is -0.481. The van der Waals surface area contributed by atoms with Crippen molar-refractivity contribution in [2.75, 3.05) is 20.3 Å². The summed E-state index contributed by atoms with van der Waals surface area (Å²) in [5, 5.41) is 0. The first-order valence-electron chi connectivity index (χ1n) is 4.27. The number of ether oxygens (including phenoxy) is 2. The van der Waals surface area contributed by atoms with Crippen molar-refractivity contribution >= 4 is 5.97 Å². The molecule has 0 spiro atoms. The third kappa shape index (κ3) is 2.81. The molecule has 0 saturated heterocycles. The molecule has 0 aromatic heterocycles. The van der Waals surface area contributed by atoms with Crippen LogP contribution < -0.4 is 0 Å². The fourth-order valence-electron chi connectivity index (χ4n) is 0.929. The summed E-state index contributed by atoms with van der Waals surface area (Å²) in [4.78, 5) is 11.4. The molecule has 0 heterocycles. The molecule has 0 aliphatic rings. The van der Waals surface area contributed by atoms with E-state index in [0.717, 1.165) is 6.42 Å². The van der Waals surface area contributed by atoms with Gasteiger partial charge in [-0.25, -0.2) is 0 Å². The second-order valence-electron chi connectivity index (χ2n) is 3.07. The van der Waals surface area contributed by atoms with Crippen molar-refractivity contribution in [2.24, 2.45) is 5.41 Å². The second-order valence-corrected chi connectivity index (χ2v) is 3.07. The summed E-state index contributed by atoms with van der Waals surface area (Å²) in [6, 6.07) is 0. The zero-order valence-corrected chi connectivity index (χ0v) is 8.35. The van der Waals surface area contributed by atoms with E-state index in [1.807, 2.05) is 13.8 Å². The lowest BCUT2D eigenvalue weighted by Crippen LogP contribution is -2.33. The molecular weight excluding hydrogens is 156 g/mol. The molecule has 72 valence electrons. The lowest BCUT2D eigenvalue weighted by molar-refractivity contribution is -0.157. The highest BCUT2D eigenvalue weighted by molar-refractivity contribution is 5.76. The van der Waals surface area contributed by atoms with Crippen LogP contribution in [0.25, 0.3) is 0 Å². The Labute approximate surface area is 74.0 Å². The summed E-state index contributed by atoms with van der Waals surface area (Å²) in [7, 11) is 1.59. The molecule has 0 N–H and O–H groups in total. The lowest BCUT2D eigenvalue weighted by atomic mass is 9.89. The van der Waals surface area contributed by atoms with Crippen LogP contribution in [0, 0.1) is 5.41 Å². The van der Waals surface area contributed by atoms with E-state index in [2.05, 4.69) is 0 Å². The molecule has 1 atom stereocenters. The van der Waals surface area contributed by atoms with Crippen LogP contribution in [0.1, 0.15) is 27.2 Å². The van der Waals surface area contributed by atoms with Gasteiger partial charge in [-0.3, -0.25) is 4.79 Å². The summed E-state index contributed by atoms with van der Waals surface area (Å²) in [5.41, 5.74) is -0.481. The van der Waals surface area contributed by atoms with E-state index in [1.54, 1.807) is 14.0 Å². The number of esters is 1. The van der Waals surface area contributed by atoms with Crippen LogP contribution in [-0.4, -0.2) is 26.3 Å². The average molecular weight is 174 g/mol. The van der Waals surface area contributed by atoms with Crippen LogP contribution >= 0.6 is 0 Å². The van der Waals surface area contributed by atoms with Crippen molar-refractivity contribution < 1.29 is 14.3 Å². The molecule has 0 aliphatic heterocycles. The first kappa shape index (κ1) is 11.4. The Bertz CT molecular complexity index is 145. The summed E-state index contributed by atoms with van der Waals surface area (Å²) < 4.78 is 9.90. The molecule has 0 aliphatic carbocycles. The smallest absolute Gasteiger partial charge is 0.314 e. The SMILES string of the molecule is CCOC(=O)C(C)(CC)COC. The van der Waals surface area contributed by atoms with E-state index < -0.39 is 5.41 Å². The van der Waals surface area contributed by atoms with Gasteiger partial charge in [0.15, 0.2) is 0 Å². The molecule has 12 heavy (non-hydrogen) atoms. The number of rotatable bonds is 5. The average Bonchev–Trinajstić information content (AvgIpc) is 2.05. The van der Waals surface area contributed by atoms with Crippen LogP contribution in [0.2, 0.25) is 0 Å². The van der Waals surface area contributed by atoms with E-state index in [0.29, 0.717) is 13.2 Å². The second kappa shape index (κ2) is 5.14. The molecule has 0 rings (SSSR count). The summed E-state index contributed by atoms with van der Waals surface area (Å²) in [5.74, 6) is -0.172. The molecule has 3 heteroatoms. The Morgan fingerprint density at radius 1 is 1.42 bits per heavy atom. The van der Waals surface area contributed by atoms with Crippen LogP contribution in [0.3, 0.4) is 0 Å². The Balaban J connectivity index is 4.18. The lowest BCUT2D eigenvalue weighted by Gasteiger charge is -2.24. The van der Waals surface area contributed by atoms with Crippen molar-refractivity contribution in [3.05, 3.63) is 0 Å². The van der Waals surface area contributed by atoms with Crippen molar-refractivity contribution in [1.82, 2.24) is 0 Å². The van der Waals surface area contributed by atoms with Crippen molar-refractivity contribution in [3.63, 3.8) is 0 Å². The third-order valence-corrected chi connectivity index (χ3v) is 2.01. The maximum Gasteiger partial charge on any atom is 0.314 e. The van der Waals surface area contributed by atoms with Gasteiger partial charge in [0.1, 0.15) is 0 Å². The van der Waals surface area contributed by atoms with E-state index in [1.165, 1.54) is 0 Å². The highest BCUT2D eigenvalue weighted by Crippen LogP contribution is 2.22. The number of carbonyl (C=O) groups excluding carboxylic acids is 1. The van der Waals surface area contributed by atoms with Gasteiger partial charge in [0.25, 0.3) is 0 Å². The minimum absolute atomic E-state index is 0.172. The van der Waals surface area contributed by atoms with Gasteiger partial charge in [-0.1, -0.05) is 6.92 Å². The van der Waals surface area contributed by atoms with E-state index in [4.69, 9.17) is 9.47 Å². The fourth-order valence-corrected chi connectivity index (χ4v) is 0.929. The summed E-state index contributed by atoms with van der Waals surface area (Å²) >= 11 is 0. The Hall–Kier alpha value is -0.570. The van der Waals surface area contributed by atoms with Gasteiger partial charge < -0.3 is 9.47 Å². The van der Waals surface area contributed by atoms with E-state index >= 15 is 0 Å². The maximum absolute atomic E-state index is 11.4. The fraction of sp³-hybridized carbons (Fsp3) is 0.889. The highest BCUT2D eigenvalue weighted by Gasteiger charge is 2.32. The summed E-state index contributed by atoms with van der Waals surface area (Å²) in [6.45, 7) is 6.46. The van der Waals surface area contributed by atoms with Gasteiger partial charge in [-0.05, 0) is 20.3 Å². The van der Waals surface area contributed by atoms with Crippen LogP contribution in [0.5, 0.6) is 0 Å². The third-order valence-electron chi connectivity index (χ3n) is 2.01. The zero-order valence-electron chi connectivity index (χ0n) is 8.35. The topological polar surface area (TPSA) is 35.5 Å². The monoisotopic (exact) mass is 174 g/mol. The van der Waals surface area contributed by atoms with Crippen molar-refractivity contribution in [1.29, 1.82) is 0 Å². The van der Waals surface area contributed by atoms with Gasteiger partial charge in [-0.15, -0.1) is 0 Å². The Morgan fingerprint density at radius 3 is 2.33 bits per heavy atom. The van der Waals surface area contributed by atoms with Crippen molar-refractivity contribution in [2.45, 2.75) is 27.2 Å². The van der Waals surface area contributed by atoms with Gasteiger partial charge in [0.05, 0.1) is 18.6 Å². The first-order chi connectivity index (χ1) is 5.60. The molecule has 0 fully saturated rings. The summed E-state index contributed by atoms with van der Waals surface area (Å²) in [6.07, 6.45) is 0.736. The number of methoxy groups -OCH3 is 1. The van der Waals surface area contributed by atoms with Gasteiger partial charge >= 0.3 is 5.97 Å². The highest BCUT2D eigenvalue weighted by atomic mass is 16.5. The molecule has 3 nitrogen and oxygen atoms in total. The molecular formula is C9H18O3. The Morgan fingerprint density at radius 2 is 2.00 bits per heavy atom. The predicted octanol–water partition coefficient (Wildman–Crippen LogP) is 1.61. The normalized spacial score (nSPS) is 15.3. The molecule has 0 radical (unpaired) electrons. The molecule has 1 unspecified atom stereocenters. The zero-order chi connectivity index (χ0) is 9.61. The van der Waals surface area contributed by atoms with Crippen LogP contribution in [0.15, 0.2) is 0 Å².